The summed E-state index contributed by atoms with van der Waals surface area (Å²) in [4.78, 5) is 47.7. The van der Waals surface area contributed by atoms with Gasteiger partial charge in [-0.05, 0) is 38.6 Å². The van der Waals surface area contributed by atoms with Gasteiger partial charge in [0.2, 0.25) is 0 Å². The summed E-state index contributed by atoms with van der Waals surface area (Å²) < 4.78 is 14.9. The molecular weight excluding hydrogens is 342 g/mol. The monoisotopic (exact) mass is 363 g/mol. The molecule has 1 aromatic heterocycles. The molecule has 0 aliphatic heterocycles. The van der Waals surface area contributed by atoms with Crippen molar-refractivity contribution in [3.8, 4) is 0 Å². The molecule has 8 nitrogen and oxygen atoms in total. The molecule has 0 fully saturated rings. The maximum absolute atomic E-state index is 12.0. The van der Waals surface area contributed by atoms with Gasteiger partial charge in [-0.25, -0.2) is 4.79 Å². The third kappa shape index (κ3) is 4.59. The number of hydrogen-bond donors (Lipinski definition) is 1. The van der Waals surface area contributed by atoms with Crippen LogP contribution in [0.1, 0.15) is 42.8 Å². The molecule has 0 bridgehead atoms. The van der Waals surface area contributed by atoms with Crippen molar-refractivity contribution in [1.29, 1.82) is 0 Å². The number of carbonyl (C=O) groups excluding carboxylic acids is 3. The lowest BCUT2D eigenvalue weighted by Gasteiger charge is -2.13. The first-order valence-electron chi connectivity index (χ1n) is 8.44. The summed E-state index contributed by atoms with van der Waals surface area (Å²) in [5.74, 6) is -2.46. The first kappa shape index (κ1) is 19.4. The maximum atomic E-state index is 12.0. The van der Waals surface area contributed by atoms with Gasteiger partial charge < -0.3 is 19.2 Å². The predicted molar refractivity (Wildman–Crippen MR) is 91.8 cm³/mol. The lowest BCUT2D eigenvalue weighted by molar-refractivity contribution is -0.158. The van der Waals surface area contributed by atoms with Crippen molar-refractivity contribution in [2.45, 2.75) is 33.1 Å². The van der Waals surface area contributed by atoms with Gasteiger partial charge in [-0.2, -0.15) is 0 Å². The SMILES string of the molecule is CCOC(=O)C(/C=C/Nc1cc2c(oc1=O)CCCC2=O)C(=O)OCC. The van der Waals surface area contributed by atoms with E-state index in [0.717, 1.165) is 0 Å². The number of hydrogen-bond acceptors (Lipinski definition) is 8. The summed E-state index contributed by atoms with van der Waals surface area (Å²) in [5.41, 5.74) is -0.215. The van der Waals surface area contributed by atoms with Gasteiger partial charge in [0.25, 0.3) is 0 Å². The second-order valence-electron chi connectivity index (χ2n) is 5.55. The Hall–Kier alpha value is -2.90. The highest BCUT2D eigenvalue weighted by Gasteiger charge is 2.27. The van der Waals surface area contributed by atoms with E-state index in [2.05, 4.69) is 5.32 Å². The molecule has 0 radical (unpaired) electrons. The summed E-state index contributed by atoms with van der Waals surface area (Å²) in [7, 11) is 0. The van der Waals surface area contributed by atoms with Crippen molar-refractivity contribution in [2.75, 3.05) is 18.5 Å². The maximum Gasteiger partial charge on any atom is 0.359 e. The molecule has 0 aromatic carbocycles. The molecule has 140 valence electrons. The summed E-state index contributed by atoms with van der Waals surface area (Å²) in [6.07, 6.45) is 4.09. The fraction of sp³-hybridized carbons (Fsp3) is 0.444. The van der Waals surface area contributed by atoms with E-state index in [0.29, 0.717) is 30.6 Å². The molecular formula is C18H21NO7. The predicted octanol–water partition coefficient (Wildman–Crippen LogP) is 1.83. The number of fused-ring (bicyclic) bond motifs is 1. The number of ether oxygens (including phenoxy) is 2. The van der Waals surface area contributed by atoms with Crippen molar-refractivity contribution < 1.29 is 28.3 Å². The van der Waals surface area contributed by atoms with Crippen LogP contribution in [-0.4, -0.2) is 30.9 Å². The molecule has 1 aliphatic carbocycles. The largest absolute Gasteiger partial charge is 0.465 e. The van der Waals surface area contributed by atoms with Crippen LogP contribution in [0.15, 0.2) is 27.6 Å². The Morgan fingerprint density at radius 3 is 2.46 bits per heavy atom. The Labute approximate surface area is 150 Å². The van der Waals surface area contributed by atoms with E-state index in [4.69, 9.17) is 13.9 Å². The number of nitrogens with one attached hydrogen (secondary N) is 1. The Morgan fingerprint density at radius 1 is 1.19 bits per heavy atom. The van der Waals surface area contributed by atoms with Crippen LogP contribution in [0.5, 0.6) is 0 Å². The summed E-state index contributed by atoms with van der Waals surface area (Å²) >= 11 is 0. The normalized spacial score (nSPS) is 13.6. The zero-order valence-electron chi connectivity index (χ0n) is 14.7. The lowest BCUT2D eigenvalue weighted by atomic mass is 9.96. The zero-order valence-corrected chi connectivity index (χ0v) is 14.7. The Kier molecular flexibility index (Phi) is 6.71. The zero-order chi connectivity index (χ0) is 19.1. The molecule has 1 N–H and O–H groups in total. The van der Waals surface area contributed by atoms with E-state index < -0.39 is 23.5 Å². The molecule has 0 atom stereocenters. The Morgan fingerprint density at radius 2 is 1.85 bits per heavy atom. The topological polar surface area (TPSA) is 112 Å². The molecule has 1 aliphatic rings. The van der Waals surface area contributed by atoms with Crippen LogP contribution in [0.25, 0.3) is 0 Å². The molecule has 2 rings (SSSR count). The van der Waals surface area contributed by atoms with Gasteiger partial charge in [0, 0.05) is 12.8 Å². The van der Waals surface area contributed by atoms with Crippen molar-refractivity contribution in [2.24, 2.45) is 5.92 Å². The number of rotatable bonds is 7. The average molecular weight is 363 g/mol. The van der Waals surface area contributed by atoms with Crippen LogP contribution >= 0.6 is 0 Å². The van der Waals surface area contributed by atoms with Gasteiger partial charge in [0.1, 0.15) is 11.4 Å². The molecule has 0 saturated carbocycles. The molecule has 0 spiro atoms. The summed E-state index contributed by atoms with van der Waals surface area (Å²) in [6.45, 7) is 3.48. The minimum Gasteiger partial charge on any atom is -0.465 e. The second kappa shape index (κ2) is 8.98. The van der Waals surface area contributed by atoms with E-state index in [1.54, 1.807) is 13.8 Å². The quantitative estimate of drug-likeness (QED) is 0.577. The van der Waals surface area contributed by atoms with Crippen LogP contribution in [-0.2, 0) is 25.5 Å². The molecule has 8 heteroatoms. The van der Waals surface area contributed by atoms with Gasteiger partial charge in [-0.15, -0.1) is 0 Å². The lowest BCUT2D eigenvalue weighted by Crippen LogP contribution is -2.26. The van der Waals surface area contributed by atoms with Crippen molar-refractivity contribution in [3.63, 3.8) is 0 Å². The van der Waals surface area contributed by atoms with E-state index in [1.165, 1.54) is 18.3 Å². The molecule has 0 amide bonds. The Bertz CT molecular complexity index is 760. The highest BCUT2D eigenvalue weighted by molar-refractivity contribution is 5.98. The Balaban J connectivity index is 2.18. The van der Waals surface area contributed by atoms with Crippen LogP contribution in [0.2, 0.25) is 0 Å². The minimum absolute atomic E-state index is 0.0433. The third-order valence-electron chi connectivity index (χ3n) is 3.74. The molecule has 1 aromatic rings. The van der Waals surface area contributed by atoms with Gasteiger partial charge >= 0.3 is 17.6 Å². The number of anilines is 1. The summed E-state index contributed by atoms with van der Waals surface area (Å²) in [6, 6.07) is 1.43. The molecule has 0 unspecified atom stereocenters. The van der Waals surface area contributed by atoms with Gasteiger partial charge in [-0.3, -0.25) is 14.4 Å². The van der Waals surface area contributed by atoms with E-state index >= 15 is 0 Å². The number of carbonyl (C=O) groups is 3. The van der Waals surface area contributed by atoms with Crippen LogP contribution < -0.4 is 10.9 Å². The highest BCUT2D eigenvalue weighted by Crippen LogP contribution is 2.22. The van der Waals surface area contributed by atoms with E-state index in [9.17, 15) is 19.2 Å². The standard InChI is InChI=1S/C18H21NO7/c1-3-24-16(21)11(17(22)25-4-2)8-9-19-13-10-12-14(20)6-5-7-15(12)26-18(13)23/h8-11,19H,3-7H2,1-2H3/b9-8+. The highest BCUT2D eigenvalue weighted by atomic mass is 16.6. The van der Waals surface area contributed by atoms with Crippen LogP contribution in [0.4, 0.5) is 5.69 Å². The van der Waals surface area contributed by atoms with E-state index in [-0.39, 0.29) is 24.7 Å². The molecule has 1 heterocycles. The van der Waals surface area contributed by atoms with Crippen LogP contribution in [0.3, 0.4) is 0 Å². The second-order valence-corrected chi connectivity index (χ2v) is 5.55. The number of esters is 2. The van der Waals surface area contributed by atoms with Crippen LogP contribution in [0, 0.1) is 5.92 Å². The smallest absolute Gasteiger partial charge is 0.359 e. The van der Waals surface area contributed by atoms with Gasteiger partial charge in [0.05, 0.1) is 18.8 Å². The van der Waals surface area contributed by atoms with E-state index in [1.807, 2.05) is 0 Å². The minimum atomic E-state index is -1.26. The average Bonchev–Trinajstić information content (AvgIpc) is 2.60. The van der Waals surface area contributed by atoms with Crippen molar-refractivity contribution in [3.05, 3.63) is 40.1 Å². The number of Topliss-reactive ketones (excluding diaryl/α,β-unsaturated/α-hetero) is 1. The van der Waals surface area contributed by atoms with Crippen molar-refractivity contribution in [1.82, 2.24) is 0 Å². The van der Waals surface area contributed by atoms with Gasteiger partial charge in [0.15, 0.2) is 11.7 Å². The number of aryl methyl sites for hydroxylation is 1. The first-order chi connectivity index (χ1) is 12.5. The summed E-state index contributed by atoms with van der Waals surface area (Å²) in [5, 5.41) is 2.65. The molecule has 0 saturated heterocycles. The van der Waals surface area contributed by atoms with Gasteiger partial charge in [-0.1, -0.05) is 0 Å². The third-order valence-corrected chi connectivity index (χ3v) is 3.74. The fourth-order valence-corrected chi connectivity index (χ4v) is 2.52. The first-order valence-corrected chi connectivity index (χ1v) is 8.44. The van der Waals surface area contributed by atoms with Crippen molar-refractivity contribution >= 4 is 23.4 Å². The molecule has 26 heavy (non-hydrogen) atoms. The number of ketones is 1. The fourth-order valence-electron chi connectivity index (χ4n) is 2.52.